The Morgan fingerprint density at radius 1 is 1.53 bits per heavy atom. The first-order chi connectivity index (χ1) is 8.08. The number of hydrogen-bond acceptors (Lipinski definition) is 4. The average molecular weight is 234 g/mol. The Labute approximate surface area is 98.7 Å². The van der Waals surface area contributed by atoms with Crippen molar-refractivity contribution in [3.63, 3.8) is 0 Å². The maximum Gasteiger partial charge on any atom is 0.291 e. The molecule has 0 aliphatic rings. The number of oxazole rings is 1. The van der Waals surface area contributed by atoms with Crippen LogP contribution in [0.15, 0.2) is 16.8 Å². The van der Waals surface area contributed by atoms with Gasteiger partial charge in [0.15, 0.2) is 5.89 Å². The van der Waals surface area contributed by atoms with E-state index >= 15 is 0 Å². The van der Waals surface area contributed by atoms with Crippen LogP contribution in [0.4, 0.5) is 0 Å². The second-order valence-electron chi connectivity index (χ2n) is 3.84. The summed E-state index contributed by atoms with van der Waals surface area (Å²) in [5, 5.41) is 0. The van der Waals surface area contributed by atoms with Gasteiger partial charge in [-0.15, -0.1) is 0 Å². The summed E-state index contributed by atoms with van der Waals surface area (Å²) in [5.74, 6) is 1.32. The summed E-state index contributed by atoms with van der Waals surface area (Å²) in [6, 6.07) is 0. The highest BCUT2D eigenvalue weighted by molar-refractivity contribution is 5.92. The van der Waals surface area contributed by atoms with E-state index in [0.717, 1.165) is 5.82 Å². The number of H-pyrrole nitrogens is 1. The molecule has 0 bridgehead atoms. The van der Waals surface area contributed by atoms with Crippen LogP contribution in [0.2, 0.25) is 0 Å². The van der Waals surface area contributed by atoms with Gasteiger partial charge in [0.1, 0.15) is 5.82 Å². The summed E-state index contributed by atoms with van der Waals surface area (Å²) in [6.07, 6.45) is 3.37. The highest BCUT2D eigenvalue weighted by Gasteiger charge is 2.20. The lowest BCUT2D eigenvalue weighted by Crippen LogP contribution is -2.26. The SMILES string of the molecule is Cc1nc(C)c(C(=O)N(C)Cc2ncc[nH]2)o1. The van der Waals surface area contributed by atoms with Gasteiger partial charge in [0.25, 0.3) is 5.91 Å². The van der Waals surface area contributed by atoms with Crippen LogP contribution >= 0.6 is 0 Å². The van der Waals surface area contributed by atoms with Gasteiger partial charge in [-0.25, -0.2) is 9.97 Å². The molecule has 1 N–H and O–H groups in total. The fourth-order valence-corrected chi connectivity index (χ4v) is 1.58. The van der Waals surface area contributed by atoms with Crippen molar-refractivity contribution in [2.75, 3.05) is 7.05 Å². The lowest BCUT2D eigenvalue weighted by Gasteiger charge is -2.13. The van der Waals surface area contributed by atoms with E-state index in [1.807, 2.05) is 0 Å². The van der Waals surface area contributed by atoms with Gasteiger partial charge in [0, 0.05) is 26.4 Å². The van der Waals surface area contributed by atoms with Crippen LogP contribution in [0, 0.1) is 13.8 Å². The molecule has 1 amide bonds. The van der Waals surface area contributed by atoms with Crippen LogP contribution < -0.4 is 0 Å². The van der Waals surface area contributed by atoms with Gasteiger partial charge in [0.05, 0.1) is 12.2 Å². The minimum absolute atomic E-state index is 0.195. The molecule has 0 saturated heterocycles. The monoisotopic (exact) mass is 234 g/mol. The third kappa shape index (κ3) is 2.35. The molecular formula is C11H14N4O2. The summed E-state index contributed by atoms with van der Waals surface area (Å²) in [4.78, 5) is 24.7. The number of hydrogen-bond donors (Lipinski definition) is 1. The molecule has 0 unspecified atom stereocenters. The van der Waals surface area contributed by atoms with E-state index in [2.05, 4.69) is 15.0 Å². The van der Waals surface area contributed by atoms with Crippen molar-refractivity contribution < 1.29 is 9.21 Å². The van der Waals surface area contributed by atoms with Crippen molar-refractivity contribution in [1.82, 2.24) is 19.9 Å². The van der Waals surface area contributed by atoms with Gasteiger partial charge in [-0.2, -0.15) is 0 Å². The summed E-state index contributed by atoms with van der Waals surface area (Å²) < 4.78 is 5.28. The second-order valence-corrected chi connectivity index (χ2v) is 3.84. The third-order valence-corrected chi connectivity index (χ3v) is 2.39. The molecule has 2 aromatic heterocycles. The van der Waals surface area contributed by atoms with Crippen LogP contribution in [0.1, 0.15) is 28.0 Å². The molecule has 6 heteroatoms. The molecule has 0 radical (unpaired) electrons. The first kappa shape index (κ1) is 11.4. The lowest BCUT2D eigenvalue weighted by molar-refractivity contribution is 0.0748. The lowest BCUT2D eigenvalue weighted by atomic mass is 10.3. The molecular weight excluding hydrogens is 220 g/mol. The topological polar surface area (TPSA) is 75.0 Å². The Morgan fingerprint density at radius 2 is 2.29 bits per heavy atom. The number of imidazole rings is 1. The van der Waals surface area contributed by atoms with Gasteiger partial charge in [0.2, 0.25) is 5.76 Å². The molecule has 0 saturated carbocycles. The zero-order chi connectivity index (χ0) is 12.4. The number of nitrogens with zero attached hydrogens (tertiary/aromatic N) is 3. The average Bonchev–Trinajstić information content (AvgIpc) is 2.87. The normalized spacial score (nSPS) is 10.5. The van der Waals surface area contributed by atoms with Crippen molar-refractivity contribution in [2.24, 2.45) is 0 Å². The van der Waals surface area contributed by atoms with Gasteiger partial charge < -0.3 is 14.3 Å². The van der Waals surface area contributed by atoms with E-state index in [0.29, 0.717) is 18.1 Å². The first-order valence-corrected chi connectivity index (χ1v) is 5.25. The van der Waals surface area contributed by atoms with E-state index in [9.17, 15) is 4.79 Å². The highest BCUT2D eigenvalue weighted by Crippen LogP contribution is 2.12. The minimum atomic E-state index is -0.195. The smallest absolute Gasteiger partial charge is 0.291 e. The summed E-state index contributed by atoms with van der Waals surface area (Å²) >= 11 is 0. The summed E-state index contributed by atoms with van der Waals surface area (Å²) in [7, 11) is 1.70. The Kier molecular flexibility index (Phi) is 2.95. The van der Waals surface area contributed by atoms with Gasteiger partial charge in [-0.3, -0.25) is 4.79 Å². The molecule has 2 rings (SSSR count). The van der Waals surface area contributed by atoms with Crippen LogP contribution in [0.5, 0.6) is 0 Å². The number of carbonyl (C=O) groups is 1. The number of aromatic nitrogens is 3. The van der Waals surface area contributed by atoms with E-state index in [1.54, 1.807) is 33.3 Å². The number of amides is 1. The van der Waals surface area contributed by atoms with Gasteiger partial charge >= 0.3 is 0 Å². The highest BCUT2D eigenvalue weighted by atomic mass is 16.4. The fraction of sp³-hybridized carbons (Fsp3) is 0.364. The predicted octanol–water partition coefficient (Wildman–Crippen LogP) is 1.29. The van der Waals surface area contributed by atoms with E-state index in [1.165, 1.54) is 4.90 Å². The van der Waals surface area contributed by atoms with Gasteiger partial charge in [-0.1, -0.05) is 0 Å². The number of aromatic amines is 1. The number of rotatable bonds is 3. The quantitative estimate of drug-likeness (QED) is 0.868. The molecule has 2 aromatic rings. The zero-order valence-corrected chi connectivity index (χ0v) is 10.0. The van der Waals surface area contributed by atoms with Crippen molar-refractivity contribution >= 4 is 5.91 Å². The van der Waals surface area contributed by atoms with Crippen molar-refractivity contribution in [3.05, 3.63) is 35.6 Å². The minimum Gasteiger partial charge on any atom is -0.436 e. The maximum atomic E-state index is 12.1. The Balaban J connectivity index is 2.12. The number of nitrogens with one attached hydrogen (secondary N) is 1. The molecule has 0 fully saturated rings. The van der Waals surface area contributed by atoms with Crippen molar-refractivity contribution in [2.45, 2.75) is 20.4 Å². The summed E-state index contributed by atoms with van der Waals surface area (Å²) in [5.41, 5.74) is 0.610. The maximum absolute atomic E-state index is 12.1. The first-order valence-electron chi connectivity index (χ1n) is 5.25. The largest absolute Gasteiger partial charge is 0.436 e. The Morgan fingerprint density at radius 3 is 2.82 bits per heavy atom. The van der Waals surface area contributed by atoms with Gasteiger partial charge in [-0.05, 0) is 6.92 Å². The van der Waals surface area contributed by atoms with Crippen LogP contribution in [-0.4, -0.2) is 32.8 Å². The van der Waals surface area contributed by atoms with E-state index < -0.39 is 0 Å². The van der Waals surface area contributed by atoms with Crippen molar-refractivity contribution in [1.29, 1.82) is 0 Å². The second kappa shape index (κ2) is 4.40. The number of aryl methyl sites for hydroxylation is 2. The molecule has 17 heavy (non-hydrogen) atoms. The third-order valence-electron chi connectivity index (χ3n) is 2.39. The molecule has 0 aliphatic carbocycles. The van der Waals surface area contributed by atoms with Crippen LogP contribution in [0.3, 0.4) is 0 Å². The molecule has 0 atom stereocenters. The summed E-state index contributed by atoms with van der Waals surface area (Å²) in [6.45, 7) is 3.88. The van der Waals surface area contributed by atoms with E-state index in [4.69, 9.17) is 4.42 Å². The molecule has 90 valence electrons. The van der Waals surface area contributed by atoms with Crippen LogP contribution in [-0.2, 0) is 6.54 Å². The van der Waals surface area contributed by atoms with E-state index in [-0.39, 0.29) is 11.7 Å². The van der Waals surface area contributed by atoms with Crippen LogP contribution in [0.25, 0.3) is 0 Å². The Bertz CT molecular complexity index is 516. The molecule has 0 aliphatic heterocycles. The standard InChI is InChI=1S/C11H14N4O2/c1-7-10(17-8(2)14-7)11(16)15(3)6-9-12-4-5-13-9/h4-5H,6H2,1-3H3,(H,12,13). The fourth-order valence-electron chi connectivity index (χ4n) is 1.58. The molecule has 2 heterocycles. The molecule has 0 spiro atoms. The zero-order valence-electron chi connectivity index (χ0n) is 10.0. The predicted molar refractivity (Wildman–Crippen MR) is 60.4 cm³/mol. The molecule has 0 aromatic carbocycles. The molecule has 6 nitrogen and oxygen atoms in total. The number of carbonyl (C=O) groups excluding carboxylic acids is 1. The van der Waals surface area contributed by atoms with Crippen molar-refractivity contribution in [3.8, 4) is 0 Å². The Hall–Kier alpha value is -2.11.